The zero-order valence-electron chi connectivity index (χ0n) is 11.8. The number of hydrogen-bond donors (Lipinski definition) is 0. The summed E-state index contributed by atoms with van der Waals surface area (Å²) in [6.07, 6.45) is 0. The maximum Gasteiger partial charge on any atom is 0.321 e. The molecule has 1 aromatic carbocycles. The molecule has 0 aliphatic carbocycles. The van der Waals surface area contributed by atoms with E-state index in [1.807, 2.05) is 0 Å². The lowest BCUT2D eigenvalue weighted by atomic mass is 10.1. The first kappa shape index (κ1) is 14.5. The highest BCUT2D eigenvalue weighted by molar-refractivity contribution is 5.99. The van der Waals surface area contributed by atoms with Crippen LogP contribution in [0.15, 0.2) is 29.3 Å². The third-order valence-electron chi connectivity index (χ3n) is 2.66. The van der Waals surface area contributed by atoms with Crippen molar-refractivity contribution in [3.05, 3.63) is 45.8 Å². The van der Waals surface area contributed by atoms with Crippen LogP contribution in [-0.2, 0) is 0 Å². The monoisotopic (exact) mass is 287 g/mol. The van der Waals surface area contributed by atoms with Gasteiger partial charge in [0.2, 0.25) is 0 Å². The first-order chi connectivity index (χ1) is 9.99. The van der Waals surface area contributed by atoms with Gasteiger partial charge >= 0.3 is 6.01 Å². The van der Waals surface area contributed by atoms with Crippen molar-refractivity contribution >= 4 is 17.3 Å². The molecule has 8 heteroatoms. The average Bonchev–Trinajstić information content (AvgIpc) is 2.46. The summed E-state index contributed by atoms with van der Waals surface area (Å²) in [5.41, 5.74) is 1.42. The topological polar surface area (TPSA) is 103 Å². The number of non-ortho nitro benzene ring substituents is 1. The summed E-state index contributed by atoms with van der Waals surface area (Å²) in [6, 6.07) is 6.30. The summed E-state index contributed by atoms with van der Waals surface area (Å²) in [7, 11) is 1.46. The molecule has 0 saturated heterocycles. The zero-order valence-corrected chi connectivity index (χ0v) is 11.8. The fourth-order valence-corrected chi connectivity index (χ4v) is 1.62. The highest BCUT2D eigenvalue weighted by Crippen LogP contribution is 2.15. The lowest BCUT2D eigenvalue weighted by molar-refractivity contribution is -0.384. The molecule has 0 aliphatic rings. The average molecular weight is 287 g/mol. The van der Waals surface area contributed by atoms with E-state index in [0.29, 0.717) is 11.5 Å². The molecule has 0 saturated carbocycles. The summed E-state index contributed by atoms with van der Waals surface area (Å²) in [4.78, 5) is 26.5. The molecule has 21 heavy (non-hydrogen) atoms. The minimum absolute atomic E-state index is 0.0317. The van der Waals surface area contributed by atoms with Crippen LogP contribution in [0.5, 0.6) is 6.01 Å². The molecule has 0 atom stereocenters. The molecule has 0 N–H and O–H groups in total. The molecule has 0 unspecified atom stereocenters. The van der Waals surface area contributed by atoms with E-state index >= 15 is 0 Å². The van der Waals surface area contributed by atoms with Crippen LogP contribution < -0.4 is 4.74 Å². The molecule has 0 bridgehead atoms. The first-order valence-corrected chi connectivity index (χ1v) is 6.06. The van der Waals surface area contributed by atoms with Gasteiger partial charge in [0.25, 0.3) is 11.6 Å². The van der Waals surface area contributed by atoms with Crippen molar-refractivity contribution in [3.8, 4) is 6.01 Å². The number of ether oxygens (including phenoxy) is 1. The number of nitrogens with zero attached hydrogens (tertiary/aromatic N) is 5. The Balaban J connectivity index is 2.32. The van der Waals surface area contributed by atoms with Gasteiger partial charge in [-0.1, -0.05) is 0 Å². The summed E-state index contributed by atoms with van der Waals surface area (Å²) in [6.45, 7) is 3.48. The Hall–Kier alpha value is -2.90. The molecule has 0 aliphatic heterocycles. The van der Waals surface area contributed by atoms with Crippen LogP contribution in [0.4, 0.5) is 11.6 Å². The number of hydrogen-bond acceptors (Lipinski definition) is 7. The van der Waals surface area contributed by atoms with Crippen molar-refractivity contribution in [2.75, 3.05) is 7.11 Å². The van der Waals surface area contributed by atoms with Crippen molar-refractivity contribution in [1.29, 1.82) is 0 Å². The fraction of sp³-hybridized carbons (Fsp3) is 0.231. The Morgan fingerprint density at radius 3 is 2.48 bits per heavy atom. The number of aromatic nitrogens is 3. The fourth-order valence-electron chi connectivity index (χ4n) is 1.62. The first-order valence-electron chi connectivity index (χ1n) is 6.06. The van der Waals surface area contributed by atoms with Gasteiger partial charge in [0.1, 0.15) is 5.82 Å². The summed E-state index contributed by atoms with van der Waals surface area (Å²) >= 11 is 0. The summed E-state index contributed by atoms with van der Waals surface area (Å²) in [5.74, 6) is 0.729. The molecule has 108 valence electrons. The second-order valence-corrected chi connectivity index (χ2v) is 4.17. The molecule has 0 spiro atoms. The van der Waals surface area contributed by atoms with E-state index in [0.717, 1.165) is 5.56 Å². The number of rotatable bonds is 4. The Morgan fingerprint density at radius 2 is 1.90 bits per heavy atom. The molecule has 2 aromatic rings. The van der Waals surface area contributed by atoms with E-state index in [1.165, 1.54) is 19.2 Å². The lowest BCUT2D eigenvalue weighted by Crippen LogP contribution is -2.00. The normalized spacial score (nSPS) is 11.3. The molecule has 2 rings (SSSR count). The molecular weight excluding hydrogens is 274 g/mol. The molecular formula is C13H13N5O3. The van der Waals surface area contributed by atoms with E-state index in [1.54, 1.807) is 26.0 Å². The molecule has 8 nitrogen and oxygen atoms in total. The van der Waals surface area contributed by atoms with Crippen molar-refractivity contribution < 1.29 is 9.66 Å². The van der Waals surface area contributed by atoms with Crippen LogP contribution in [0.2, 0.25) is 0 Å². The Kier molecular flexibility index (Phi) is 4.17. The second kappa shape index (κ2) is 6.04. The van der Waals surface area contributed by atoms with E-state index in [2.05, 4.69) is 19.9 Å². The molecule has 0 amide bonds. The maximum atomic E-state index is 10.6. The standard InChI is InChI=1S/C13H13N5O3/c1-8(10-4-6-11(7-5-10)18(19)20)14-12-15-9(2)16-13(17-12)21-3/h4-7H,1-3H3. The Bertz CT molecular complexity index is 697. The van der Waals surface area contributed by atoms with Crippen molar-refractivity contribution in [2.24, 2.45) is 4.99 Å². The molecule has 1 heterocycles. The Morgan fingerprint density at radius 1 is 1.24 bits per heavy atom. The minimum Gasteiger partial charge on any atom is -0.467 e. The molecule has 0 radical (unpaired) electrons. The maximum absolute atomic E-state index is 10.6. The number of aryl methyl sites for hydroxylation is 1. The van der Waals surface area contributed by atoms with E-state index in [9.17, 15) is 10.1 Å². The predicted octanol–water partition coefficient (Wildman–Crippen LogP) is 2.24. The van der Waals surface area contributed by atoms with Gasteiger partial charge in [-0.15, -0.1) is 0 Å². The van der Waals surface area contributed by atoms with Crippen LogP contribution >= 0.6 is 0 Å². The number of nitro groups is 1. The number of nitro benzene ring substituents is 1. The molecule has 0 fully saturated rings. The number of aliphatic imine (C=N–C) groups is 1. The van der Waals surface area contributed by atoms with Gasteiger partial charge < -0.3 is 4.74 Å². The SMILES string of the molecule is COc1nc(C)nc(N=C(C)c2ccc([N+](=O)[O-])cc2)n1. The highest BCUT2D eigenvalue weighted by atomic mass is 16.6. The van der Waals surface area contributed by atoms with Gasteiger partial charge in [-0.2, -0.15) is 15.0 Å². The third-order valence-corrected chi connectivity index (χ3v) is 2.66. The smallest absolute Gasteiger partial charge is 0.321 e. The summed E-state index contributed by atoms with van der Waals surface area (Å²) in [5, 5.41) is 10.6. The van der Waals surface area contributed by atoms with Crippen LogP contribution in [0, 0.1) is 17.0 Å². The lowest BCUT2D eigenvalue weighted by Gasteiger charge is -2.02. The van der Waals surface area contributed by atoms with Crippen molar-refractivity contribution in [2.45, 2.75) is 13.8 Å². The highest BCUT2D eigenvalue weighted by Gasteiger charge is 2.07. The van der Waals surface area contributed by atoms with E-state index in [4.69, 9.17) is 4.74 Å². The quantitative estimate of drug-likeness (QED) is 0.485. The van der Waals surface area contributed by atoms with Gasteiger partial charge in [0.15, 0.2) is 0 Å². The number of benzene rings is 1. The second-order valence-electron chi connectivity index (χ2n) is 4.17. The van der Waals surface area contributed by atoms with E-state index < -0.39 is 4.92 Å². The van der Waals surface area contributed by atoms with Crippen LogP contribution in [-0.4, -0.2) is 32.7 Å². The predicted molar refractivity (Wildman–Crippen MR) is 76.1 cm³/mol. The Labute approximate surface area is 120 Å². The van der Waals surface area contributed by atoms with E-state index in [-0.39, 0.29) is 17.6 Å². The molecule has 1 aromatic heterocycles. The van der Waals surface area contributed by atoms with Crippen LogP contribution in [0.25, 0.3) is 0 Å². The van der Waals surface area contributed by atoms with Crippen molar-refractivity contribution in [3.63, 3.8) is 0 Å². The van der Waals surface area contributed by atoms with Crippen molar-refractivity contribution in [1.82, 2.24) is 15.0 Å². The van der Waals surface area contributed by atoms with Gasteiger partial charge in [-0.3, -0.25) is 10.1 Å². The van der Waals surface area contributed by atoms with Gasteiger partial charge in [-0.05, 0) is 31.5 Å². The zero-order chi connectivity index (χ0) is 15.4. The van der Waals surface area contributed by atoms with Gasteiger partial charge in [0.05, 0.1) is 12.0 Å². The largest absolute Gasteiger partial charge is 0.467 e. The number of methoxy groups -OCH3 is 1. The van der Waals surface area contributed by atoms with Crippen LogP contribution in [0.3, 0.4) is 0 Å². The summed E-state index contributed by atoms with van der Waals surface area (Å²) < 4.78 is 4.96. The third kappa shape index (κ3) is 3.56. The minimum atomic E-state index is -0.448. The van der Waals surface area contributed by atoms with Gasteiger partial charge in [-0.25, -0.2) is 4.99 Å². The van der Waals surface area contributed by atoms with Crippen LogP contribution in [0.1, 0.15) is 18.3 Å². The van der Waals surface area contributed by atoms with Gasteiger partial charge in [0, 0.05) is 17.8 Å².